The van der Waals surface area contributed by atoms with Gasteiger partial charge in [0.2, 0.25) is 5.91 Å². The third-order valence-corrected chi connectivity index (χ3v) is 5.14. The van der Waals surface area contributed by atoms with Crippen LogP contribution in [-0.2, 0) is 19.1 Å². The molecule has 0 unspecified atom stereocenters. The second-order valence-electron chi connectivity index (χ2n) is 6.84. The van der Waals surface area contributed by atoms with Crippen LogP contribution in [0.4, 0.5) is 5.69 Å². The van der Waals surface area contributed by atoms with E-state index < -0.39 is 30.3 Å². The molecule has 0 saturated carbocycles. The molecule has 1 heterocycles. The Labute approximate surface area is 193 Å². The number of ether oxygens (including phenoxy) is 2. The molecule has 9 nitrogen and oxygen atoms in total. The van der Waals surface area contributed by atoms with E-state index >= 15 is 0 Å². The molecule has 3 rings (SSSR count). The van der Waals surface area contributed by atoms with Crippen molar-refractivity contribution >= 4 is 52.6 Å². The molecule has 2 aromatic rings. The van der Waals surface area contributed by atoms with Gasteiger partial charge in [-0.1, -0.05) is 23.2 Å². The summed E-state index contributed by atoms with van der Waals surface area (Å²) >= 11 is 11.8. The number of rotatable bonds is 6. The Bertz CT molecular complexity index is 1040. The zero-order chi connectivity index (χ0) is 23.3. The predicted molar refractivity (Wildman–Crippen MR) is 116 cm³/mol. The van der Waals surface area contributed by atoms with Crippen molar-refractivity contribution < 1.29 is 28.7 Å². The lowest BCUT2D eigenvalue weighted by atomic mass is 10.1. The fraction of sp³-hybridized carbons (Fsp3) is 0.238. The van der Waals surface area contributed by atoms with E-state index in [4.69, 9.17) is 32.7 Å². The van der Waals surface area contributed by atoms with Crippen molar-refractivity contribution in [2.24, 2.45) is 5.92 Å². The molecule has 0 aliphatic carbocycles. The molecular weight excluding hydrogens is 461 g/mol. The highest BCUT2D eigenvalue weighted by atomic mass is 35.5. The molecule has 1 fully saturated rings. The minimum Gasteiger partial charge on any atom is -0.495 e. The molecule has 1 aliphatic rings. The third kappa shape index (κ3) is 5.68. The van der Waals surface area contributed by atoms with Crippen molar-refractivity contribution in [1.82, 2.24) is 10.9 Å². The lowest BCUT2D eigenvalue weighted by molar-refractivity contribution is -0.152. The highest BCUT2D eigenvalue weighted by Gasteiger charge is 2.37. The van der Waals surface area contributed by atoms with Gasteiger partial charge in [0.05, 0.1) is 18.7 Å². The Hall–Kier alpha value is -3.30. The molecule has 11 heteroatoms. The van der Waals surface area contributed by atoms with E-state index in [0.717, 1.165) is 0 Å². The minimum atomic E-state index is -0.761. The fourth-order valence-corrected chi connectivity index (χ4v) is 3.36. The van der Waals surface area contributed by atoms with Crippen LogP contribution in [0.2, 0.25) is 10.0 Å². The number of halogens is 2. The zero-order valence-corrected chi connectivity index (χ0v) is 18.4. The highest BCUT2D eigenvalue weighted by molar-refractivity contribution is 6.31. The number of hydrogen-bond acceptors (Lipinski definition) is 6. The largest absolute Gasteiger partial charge is 0.495 e. The van der Waals surface area contributed by atoms with Crippen molar-refractivity contribution in [3.8, 4) is 5.75 Å². The number of hydrazine groups is 1. The van der Waals surface area contributed by atoms with Gasteiger partial charge in [-0.05, 0) is 42.5 Å². The van der Waals surface area contributed by atoms with E-state index in [1.165, 1.54) is 36.3 Å². The van der Waals surface area contributed by atoms with Crippen molar-refractivity contribution in [1.29, 1.82) is 0 Å². The molecule has 1 saturated heterocycles. The van der Waals surface area contributed by atoms with Gasteiger partial charge < -0.3 is 14.4 Å². The summed E-state index contributed by atoms with van der Waals surface area (Å²) in [5.41, 5.74) is 5.08. The number of carbonyl (C=O) groups is 4. The standard InChI is InChI=1S/C21H19Cl2N3O6/c1-31-17-7-6-15(23)9-16(17)26-10-13(8-19(26)28)21(30)32-11-18(27)24-25-20(29)12-2-4-14(22)5-3-12/h2-7,9,13H,8,10-11H2,1H3,(H,24,27)(H,25,29)/t13-/m0/s1. The second-order valence-corrected chi connectivity index (χ2v) is 7.71. The van der Waals surface area contributed by atoms with Gasteiger partial charge in [-0.2, -0.15) is 0 Å². The topological polar surface area (TPSA) is 114 Å². The van der Waals surface area contributed by atoms with Crippen molar-refractivity contribution in [3.05, 3.63) is 58.1 Å². The van der Waals surface area contributed by atoms with Crippen LogP contribution in [0.1, 0.15) is 16.8 Å². The van der Waals surface area contributed by atoms with E-state index in [-0.39, 0.29) is 24.4 Å². The molecule has 2 N–H and O–H groups in total. The van der Waals surface area contributed by atoms with Crippen molar-refractivity contribution in [2.45, 2.75) is 6.42 Å². The zero-order valence-electron chi connectivity index (χ0n) is 16.9. The van der Waals surface area contributed by atoms with Gasteiger partial charge in [0.25, 0.3) is 11.8 Å². The summed E-state index contributed by atoms with van der Waals surface area (Å²) in [5, 5.41) is 0.882. The summed E-state index contributed by atoms with van der Waals surface area (Å²) in [7, 11) is 1.46. The van der Waals surface area contributed by atoms with Crippen LogP contribution in [0, 0.1) is 5.92 Å². The smallest absolute Gasteiger partial charge is 0.311 e. The summed E-state index contributed by atoms with van der Waals surface area (Å²) in [6.45, 7) is -0.561. The number of carbonyl (C=O) groups excluding carboxylic acids is 4. The number of benzene rings is 2. The summed E-state index contributed by atoms with van der Waals surface area (Å²) in [5.74, 6) is -2.63. The average Bonchev–Trinajstić information content (AvgIpc) is 3.17. The molecule has 0 aromatic heterocycles. The Morgan fingerprint density at radius 1 is 1.06 bits per heavy atom. The average molecular weight is 480 g/mol. The molecule has 0 spiro atoms. The van der Waals surface area contributed by atoms with Crippen molar-refractivity contribution in [3.63, 3.8) is 0 Å². The Balaban J connectivity index is 1.49. The quantitative estimate of drug-likeness (QED) is 0.485. The Morgan fingerprint density at radius 2 is 1.75 bits per heavy atom. The molecule has 0 bridgehead atoms. The van der Waals surface area contributed by atoms with E-state index in [1.807, 2.05) is 0 Å². The number of methoxy groups -OCH3 is 1. The Kier molecular flexibility index (Phi) is 7.55. The van der Waals surface area contributed by atoms with Crippen molar-refractivity contribution in [2.75, 3.05) is 25.2 Å². The van der Waals surface area contributed by atoms with Gasteiger partial charge in [-0.15, -0.1) is 0 Å². The number of nitrogens with zero attached hydrogens (tertiary/aromatic N) is 1. The number of anilines is 1. The SMILES string of the molecule is COc1ccc(Cl)cc1N1C[C@@H](C(=O)OCC(=O)NNC(=O)c2ccc(Cl)cc2)CC1=O. The predicted octanol–water partition coefficient (Wildman–Crippen LogP) is 2.36. The molecule has 168 valence electrons. The minimum absolute atomic E-state index is 0.0588. The van der Waals surface area contributed by atoms with Crippen LogP contribution < -0.4 is 20.5 Å². The number of amides is 3. The molecule has 1 atom stereocenters. The lowest BCUT2D eigenvalue weighted by Crippen LogP contribution is -2.43. The van der Waals surface area contributed by atoms with E-state index in [2.05, 4.69) is 10.9 Å². The summed E-state index contributed by atoms with van der Waals surface area (Å²) in [6, 6.07) is 10.9. The van der Waals surface area contributed by atoms with Gasteiger partial charge in [-0.3, -0.25) is 30.0 Å². The monoisotopic (exact) mass is 479 g/mol. The molecular formula is C21H19Cl2N3O6. The van der Waals surface area contributed by atoms with Gasteiger partial charge in [0, 0.05) is 28.6 Å². The van der Waals surface area contributed by atoms with Crippen LogP contribution in [0.5, 0.6) is 5.75 Å². The first kappa shape index (κ1) is 23.4. The summed E-state index contributed by atoms with van der Waals surface area (Å²) in [6.07, 6.45) is -0.0799. The number of hydrogen-bond donors (Lipinski definition) is 2. The highest BCUT2D eigenvalue weighted by Crippen LogP contribution is 2.35. The summed E-state index contributed by atoms with van der Waals surface area (Å²) in [4.78, 5) is 50.0. The third-order valence-electron chi connectivity index (χ3n) is 4.66. The molecule has 3 amide bonds. The first-order valence-electron chi connectivity index (χ1n) is 9.43. The maximum Gasteiger partial charge on any atom is 0.311 e. The molecule has 1 aliphatic heterocycles. The normalized spacial score (nSPS) is 15.3. The first-order chi connectivity index (χ1) is 15.3. The van der Waals surface area contributed by atoms with Crippen LogP contribution in [0.15, 0.2) is 42.5 Å². The number of nitrogens with one attached hydrogen (secondary N) is 2. The van der Waals surface area contributed by atoms with Gasteiger partial charge >= 0.3 is 5.97 Å². The van der Waals surface area contributed by atoms with Gasteiger partial charge in [0.1, 0.15) is 5.75 Å². The van der Waals surface area contributed by atoms with Crippen LogP contribution in [0.25, 0.3) is 0 Å². The Morgan fingerprint density at radius 3 is 2.44 bits per heavy atom. The second kappa shape index (κ2) is 10.3. The van der Waals surface area contributed by atoms with E-state index in [1.54, 1.807) is 18.2 Å². The number of esters is 1. The van der Waals surface area contributed by atoms with Gasteiger partial charge in [-0.25, -0.2) is 0 Å². The maximum absolute atomic E-state index is 12.4. The van der Waals surface area contributed by atoms with E-state index in [9.17, 15) is 19.2 Å². The molecule has 2 aromatic carbocycles. The molecule has 0 radical (unpaired) electrons. The maximum atomic E-state index is 12.4. The molecule has 32 heavy (non-hydrogen) atoms. The van der Waals surface area contributed by atoms with Crippen LogP contribution in [0.3, 0.4) is 0 Å². The van der Waals surface area contributed by atoms with Crippen LogP contribution in [-0.4, -0.2) is 44.0 Å². The van der Waals surface area contributed by atoms with Crippen LogP contribution >= 0.6 is 23.2 Å². The lowest BCUT2D eigenvalue weighted by Gasteiger charge is -2.19. The van der Waals surface area contributed by atoms with Gasteiger partial charge in [0.15, 0.2) is 6.61 Å². The van der Waals surface area contributed by atoms with E-state index in [0.29, 0.717) is 21.5 Å². The first-order valence-corrected chi connectivity index (χ1v) is 10.2. The fourth-order valence-electron chi connectivity index (χ4n) is 3.06. The summed E-state index contributed by atoms with van der Waals surface area (Å²) < 4.78 is 10.3.